The first-order chi connectivity index (χ1) is 11.8. The van der Waals surface area contributed by atoms with Crippen molar-refractivity contribution in [2.75, 3.05) is 20.2 Å². The molecule has 0 bridgehead atoms. The molecule has 1 aliphatic heterocycles. The largest absolute Gasteiger partial charge is 0.468 e. The first kappa shape index (κ1) is 14.9. The number of ether oxygens (including phenoxy) is 1. The summed E-state index contributed by atoms with van der Waals surface area (Å²) in [6, 6.07) is 14.4. The van der Waals surface area contributed by atoms with E-state index in [-0.39, 0.29) is 12.5 Å². The Morgan fingerprint density at radius 1 is 1.25 bits per heavy atom. The molecule has 2 aromatic carbocycles. The van der Waals surface area contributed by atoms with Crippen LogP contribution in [0.4, 0.5) is 0 Å². The Labute approximate surface area is 139 Å². The standard InChI is InChI=1S/C19H18N2O3/c1-23-18(22)12-21-10-9-17-16(11-21)19(20-24-17)15-8-4-6-13-5-2-3-7-14(13)15/h2-8H,9-12H2,1H3. The van der Waals surface area contributed by atoms with E-state index in [1.165, 1.54) is 12.5 Å². The second-order valence-corrected chi connectivity index (χ2v) is 6.00. The fourth-order valence-electron chi connectivity index (χ4n) is 3.29. The van der Waals surface area contributed by atoms with Crippen LogP contribution in [0.5, 0.6) is 0 Å². The number of fused-ring (bicyclic) bond motifs is 2. The highest BCUT2D eigenvalue weighted by atomic mass is 16.5. The summed E-state index contributed by atoms with van der Waals surface area (Å²) in [5.74, 6) is 0.695. The lowest BCUT2D eigenvalue weighted by molar-refractivity contribution is -0.142. The molecule has 5 heteroatoms. The molecule has 0 atom stereocenters. The maximum atomic E-state index is 11.6. The SMILES string of the molecule is COC(=O)CN1CCc2onc(-c3cccc4ccccc34)c2C1. The number of aromatic nitrogens is 1. The van der Waals surface area contributed by atoms with Gasteiger partial charge < -0.3 is 9.26 Å². The quantitative estimate of drug-likeness (QED) is 0.694. The highest BCUT2D eigenvalue weighted by Crippen LogP contribution is 2.34. The van der Waals surface area contributed by atoms with E-state index in [0.717, 1.165) is 40.9 Å². The summed E-state index contributed by atoms with van der Waals surface area (Å²) >= 11 is 0. The molecule has 0 radical (unpaired) electrons. The van der Waals surface area contributed by atoms with Gasteiger partial charge in [-0.1, -0.05) is 47.6 Å². The van der Waals surface area contributed by atoms with E-state index in [4.69, 9.17) is 9.26 Å². The summed E-state index contributed by atoms with van der Waals surface area (Å²) in [5.41, 5.74) is 3.01. The number of rotatable bonds is 3. The van der Waals surface area contributed by atoms with Gasteiger partial charge in [0.05, 0.1) is 13.7 Å². The predicted molar refractivity (Wildman–Crippen MR) is 90.4 cm³/mol. The van der Waals surface area contributed by atoms with Crippen molar-refractivity contribution in [2.24, 2.45) is 0 Å². The van der Waals surface area contributed by atoms with Gasteiger partial charge in [-0.3, -0.25) is 9.69 Å². The summed E-state index contributed by atoms with van der Waals surface area (Å²) < 4.78 is 10.4. The molecule has 0 saturated carbocycles. The Bertz CT molecular complexity index is 895. The molecule has 5 nitrogen and oxygen atoms in total. The molecule has 1 aromatic heterocycles. The van der Waals surface area contributed by atoms with Crippen LogP contribution in [-0.4, -0.2) is 36.2 Å². The molecule has 0 aliphatic carbocycles. The van der Waals surface area contributed by atoms with Gasteiger partial charge >= 0.3 is 5.97 Å². The van der Waals surface area contributed by atoms with Crippen molar-refractivity contribution in [1.82, 2.24) is 10.1 Å². The lowest BCUT2D eigenvalue weighted by atomic mass is 9.97. The second-order valence-electron chi connectivity index (χ2n) is 6.00. The number of hydrogen-bond donors (Lipinski definition) is 0. The Kier molecular flexibility index (Phi) is 3.78. The zero-order valence-electron chi connectivity index (χ0n) is 13.5. The van der Waals surface area contributed by atoms with Crippen molar-refractivity contribution in [3.8, 4) is 11.3 Å². The highest BCUT2D eigenvalue weighted by Gasteiger charge is 2.26. The number of hydrogen-bond acceptors (Lipinski definition) is 5. The fraction of sp³-hybridized carbons (Fsp3) is 0.263. The van der Waals surface area contributed by atoms with Crippen LogP contribution < -0.4 is 0 Å². The molecule has 24 heavy (non-hydrogen) atoms. The van der Waals surface area contributed by atoms with E-state index < -0.39 is 0 Å². The first-order valence-electron chi connectivity index (χ1n) is 8.01. The van der Waals surface area contributed by atoms with Crippen LogP contribution in [0.1, 0.15) is 11.3 Å². The maximum absolute atomic E-state index is 11.6. The lowest BCUT2D eigenvalue weighted by Crippen LogP contribution is -2.35. The first-order valence-corrected chi connectivity index (χ1v) is 8.01. The Morgan fingerprint density at radius 2 is 2.08 bits per heavy atom. The van der Waals surface area contributed by atoms with Crippen molar-refractivity contribution in [3.63, 3.8) is 0 Å². The third-order valence-electron chi connectivity index (χ3n) is 4.53. The van der Waals surface area contributed by atoms with Gasteiger partial charge in [-0.05, 0) is 10.8 Å². The van der Waals surface area contributed by atoms with Gasteiger partial charge in [-0.15, -0.1) is 0 Å². The molecular formula is C19H18N2O3. The van der Waals surface area contributed by atoms with Gasteiger partial charge in [0.25, 0.3) is 0 Å². The minimum absolute atomic E-state index is 0.221. The predicted octanol–water partition coefficient (Wildman–Crippen LogP) is 3.03. The number of benzene rings is 2. The summed E-state index contributed by atoms with van der Waals surface area (Å²) in [6.07, 6.45) is 0.754. The molecule has 4 rings (SSSR count). The van der Waals surface area contributed by atoms with Crippen LogP contribution in [0.2, 0.25) is 0 Å². The summed E-state index contributed by atoms with van der Waals surface area (Å²) in [6.45, 7) is 1.70. The van der Waals surface area contributed by atoms with E-state index in [1.54, 1.807) is 0 Å². The fourth-order valence-corrected chi connectivity index (χ4v) is 3.29. The molecule has 1 aliphatic rings. The Balaban J connectivity index is 1.74. The number of carbonyl (C=O) groups is 1. The minimum atomic E-state index is -0.221. The average molecular weight is 322 g/mol. The number of nitrogens with zero attached hydrogens (tertiary/aromatic N) is 2. The zero-order valence-corrected chi connectivity index (χ0v) is 13.5. The van der Waals surface area contributed by atoms with Gasteiger partial charge in [0.2, 0.25) is 0 Å². The molecular weight excluding hydrogens is 304 g/mol. The second kappa shape index (κ2) is 6.09. The molecule has 3 aromatic rings. The van der Waals surface area contributed by atoms with Crippen LogP contribution in [0.15, 0.2) is 47.0 Å². The number of methoxy groups -OCH3 is 1. The average Bonchev–Trinajstić information content (AvgIpc) is 3.04. The number of carbonyl (C=O) groups excluding carboxylic acids is 1. The molecule has 122 valence electrons. The van der Waals surface area contributed by atoms with Gasteiger partial charge in [0.15, 0.2) is 0 Å². The van der Waals surface area contributed by atoms with Crippen molar-refractivity contribution >= 4 is 16.7 Å². The van der Waals surface area contributed by atoms with E-state index in [0.29, 0.717) is 6.54 Å². The topological polar surface area (TPSA) is 55.6 Å². The van der Waals surface area contributed by atoms with Crippen LogP contribution >= 0.6 is 0 Å². The zero-order chi connectivity index (χ0) is 16.5. The van der Waals surface area contributed by atoms with Crippen LogP contribution in [0.3, 0.4) is 0 Å². The lowest BCUT2D eigenvalue weighted by Gasteiger charge is -2.24. The van der Waals surface area contributed by atoms with E-state index in [2.05, 4.69) is 34.3 Å². The van der Waals surface area contributed by atoms with Gasteiger partial charge in [0, 0.05) is 30.6 Å². The smallest absolute Gasteiger partial charge is 0.319 e. The molecule has 2 heterocycles. The maximum Gasteiger partial charge on any atom is 0.319 e. The molecule has 0 saturated heterocycles. The Hall–Kier alpha value is -2.66. The van der Waals surface area contributed by atoms with E-state index >= 15 is 0 Å². The van der Waals surface area contributed by atoms with Crippen LogP contribution in [-0.2, 0) is 22.5 Å². The third kappa shape index (κ3) is 2.57. The molecule has 0 fully saturated rings. The van der Waals surface area contributed by atoms with Gasteiger partial charge in [-0.2, -0.15) is 0 Å². The van der Waals surface area contributed by atoms with Crippen molar-refractivity contribution in [2.45, 2.75) is 13.0 Å². The third-order valence-corrected chi connectivity index (χ3v) is 4.53. The molecule has 0 spiro atoms. The van der Waals surface area contributed by atoms with Crippen molar-refractivity contribution in [3.05, 3.63) is 53.8 Å². The summed E-state index contributed by atoms with van der Waals surface area (Å²) in [5, 5.41) is 6.66. The minimum Gasteiger partial charge on any atom is -0.468 e. The number of esters is 1. The van der Waals surface area contributed by atoms with Gasteiger partial charge in [-0.25, -0.2) is 0 Å². The van der Waals surface area contributed by atoms with Gasteiger partial charge in [0.1, 0.15) is 11.5 Å². The normalized spacial score (nSPS) is 14.5. The van der Waals surface area contributed by atoms with Crippen molar-refractivity contribution < 1.29 is 14.1 Å². The molecule has 0 N–H and O–H groups in total. The van der Waals surface area contributed by atoms with Crippen LogP contribution in [0, 0.1) is 0 Å². The van der Waals surface area contributed by atoms with E-state index in [9.17, 15) is 4.79 Å². The highest BCUT2D eigenvalue weighted by molar-refractivity contribution is 5.96. The monoisotopic (exact) mass is 322 g/mol. The van der Waals surface area contributed by atoms with Crippen LogP contribution in [0.25, 0.3) is 22.0 Å². The molecule has 0 unspecified atom stereocenters. The Morgan fingerprint density at radius 3 is 2.96 bits per heavy atom. The summed E-state index contributed by atoms with van der Waals surface area (Å²) in [7, 11) is 1.42. The molecule has 0 amide bonds. The van der Waals surface area contributed by atoms with E-state index in [1.807, 2.05) is 18.2 Å². The van der Waals surface area contributed by atoms with Crippen molar-refractivity contribution in [1.29, 1.82) is 0 Å². The summed E-state index contributed by atoms with van der Waals surface area (Å²) in [4.78, 5) is 13.6.